The summed E-state index contributed by atoms with van der Waals surface area (Å²) in [5, 5.41) is 3.03. The number of hydrogen-bond donors (Lipinski definition) is 1. The Bertz CT molecular complexity index is 293. The van der Waals surface area contributed by atoms with Gasteiger partial charge in [-0.15, -0.1) is 0 Å². The highest BCUT2D eigenvalue weighted by molar-refractivity contribution is 7.89. The molecule has 2 unspecified atom stereocenters. The van der Waals surface area contributed by atoms with E-state index in [9.17, 15) is 8.42 Å². The highest BCUT2D eigenvalue weighted by Crippen LogP contribution is 2.24. The van der Waals surface area contributed by atoms with Crippen molar-refractivity contribution in [2.24, 2.45) is 11.8 Å². The topological polar surface area (TPSA) is 49.4 Å². The summed E-state index contributed by atoms with van der Waals surface area (Å²) in [5.74, 6) is 1.29. The highest BCUT2D eigenvalue weighted by Gasteiger charge is 2.33. The second kappa shape index (κ2) is 5.98. The van der Waals surface area contributed by atoms with Gasteiger partial charge in [0.1, 0.15) is 0 Å². The van der Waals surface area contributed by atoms with Crippen LogP contribution in [0.1, 0.15) is 26.7 Å². The summed E-state index contributed by atoms with van der Waals surface area (Å²) in [7, 11) is -1.11. The molecule has 96 valence electrons. The van der Waals surface area contributed by atoms with E-state index in [4.69, 9.17) is 0 Å². The smallest absolute Gasteiger partial charge is 0.214 e. The van der Waals surface area contributed by atoms with Crippen molar-refractivity contribution in [1.82, 2.24) is 9.62 Å². The zero-order valence-corrected chi connectivity index (χ0v) is 11.4. The first-order valence-corrected chi connectivity index (χ1v) is 7.70. The average molecular weight is 248 g/mol. The van der Waals surface area contributed by atoms with E-state index in [1.165, 1.54) is 0 Å². The molecule has 0 bridgehead atoms. The van der Waals surface area contributed by atoms with Crippen molar-refractivity contribution >= 4 is 10.0 Å². The number of nitrogens with one attached hydrogen (secondary N) is 1. The van der Waals surface area contributed by atoms with E-state index in [0.717, 1.165) is 19.4 Å². The highest BCUT2D eigenvalue weighted by atomic mass is 32.2. The molecule has 5 heteroatoms. The fraction of sp³-hybridized carbons (Fsp3) is 1.00. The van der Waals surface area contributed by atoms with Crippen LogP contribution >= 0.6 is 0 Å². The maximum atomic E-state index is 12.0. The molecule has 0 aliphatic carbocycles. The first-order valence-electron chi connectivity index (χ1n) is 6.10. The lowest BCUT2D eigenvalue weighted by atomic mass is 10.0. The largest absolute Gasteiger partial charge is 0.320 e. The predicted molar refractivity (Wildman–Crippen MR) is 66.8 cm³/mol. The zero-order valence-electron chi connectivity index (χ0n) is 10.6. The maximum absolute atomic E-state index is 12.0. The number of nitrogens with zero attached hydrogens (tertiary/aromatic N) is 1. The molecule has 0 aromatic carbocycles. The summed E-state index contributed by atoms with van der Waals surface area (Å²) in [6.07, 6.45) is 1.68. The molecule has 0 aromatic rings. The standard InChI is InChI=1S/C11H24N2O2S/c1-10-8-13(9-11(10)2)16(14,15)7-5-4-6-12-3/h10-12H,4-9H2,1-3H3. The van der Waals surface area contributed by atoms with Crippen molar-refractivity contribution in [3.8, 4) is 0 Å². The molecule has 16 heavy (non-hydrogen) atoms. The summed E-state index contributed by atoms with van der Waals surface area (Å²) < 4.78 is 25.7. The molecule has 0 spiro atoms. The van der Waals surface area contributed by atoms with Gasteiger partial charge in [-0.1, -0.05) is 13.8 Å². The van der Waals surface area contributed by atoms with Gasteiger partial charge in [-0.2, -0.15) is 0 Å². The summed E-state index contributed by atoms with van der Waals surface area (Å²) >= 11 is 0. The minimum absolute atomic E-state index is 0.300. The first-order chi connectivity index (χ1) is 7.47. The molecule has 1 saturated heterocycles. The van der Waals surface area contributed by atoms with Crippen molar-refractivity contribution < 1.29 is 8.42 Å². The van der Waals surface area contributed by atoms with E-state index < -0.39 is 10.0 Å². The van der Waals surface area contributed by atoms with E-state index in [1.54, 1.807) is 4.31 Å². The molecular weight excluding hydrogens is 224 g/mol. The molecule has 1 heterocycles. The van der Waals surface area contributed by atoms with Crippen LogP contribution in [0.25, 0.3) is 0 Å². The van der Waals surface area contributed by atoms with Crippen molar-refractivity contribution in [3.63, 3.8) is 0 Å². The minimum atomic E-state index is -3.00. The second-order valence-corrected chi connectivity index (χ2v) is 6.99. The first kappa shape index (κ1) is 13.9. The molecule has 1 fully saturated rings. The number of hydrogen-bond acceptors (Lipinski definition) is 3. The fourth-order valence-electron chi connectivity index (χ4n) is 2.02. The van der Waals surface area contributed by atoms with Gasteiger partial charge in [0.15, 0.2) is 0 Å². The van der Waals surface area contributed by atoms with Gasteiger partial charge in [0.2, 0.25) is 10.0 Å². The zero-order chi connectivity index (χ0) is 12.2. The molecule has 1 rings (SSSR count). The minimum Gasteiger partial charge on any atom is -0.320 e. The monoisotopic (exact) mass is 248 g/mol. The van der Waals surface area contributed by atoms with Gasteiger partial charge < -0.3 is 5.32 Å². The van der Waals surface area contributed by atoms with Crippen LogP contribution in [0.2, 0.25) is 0 Å². The van der Waals surface area contributed by atoms with Crippen LogP contribution in [-0.2, 0) is 10.0 Å². The third-order valence-corrected chi connectivity index (χ3v) is 5.32. The normalized spacial score (nSPS) is 27.4. The van der Waals surface area contributed by atoms with Crippen LogP contribution in [0.5, 0.6) is 0 Å². The van der Waals surface area contributed by atoms with E-state index in [-0.39, 0.29) is 0 Å². The van der Waals surface area contributed by atoms with Crippen molar-refractivity contribution in [2.75, 3.05) is 32.4 Å². The van der Waals surface area contributed by atoms with Gasteiger partial charge >= 0.3 is 0 Å². The van der Waals surface area contributed by atoms with Crippen molar-refractivity contribution in [3.05, 3.63) is 0 Å². The molecule has 0 aromatic heterocycles. The average Bonchev–Trinajstić information content (AvgIpc) is 2.55. The maximum Gasteiger partial charge on any atom is 0.214 e. The Hall–Kier alpha value is -0.130. The Balaban J connectivity index is 2.40. The number of unbranched alkanes of at least 4 members (excludes halogenated alkanes) is 1. The quantitative estimate of drug-likeness (QED) is 0.711. The Kier molecular flexibility index (Phi) is 5.21. The lowest BCUT2D eigenvalue weighted by Gasteiger charge is -2.15. The molecule has 0 saturated carbocycles. The predicted octanol–water partition coefficient (Wildman–Crippen LogP) is 0.904. The summed E-state index contributed by atoms with van der Waals surface area (Å²) in [5.41, 5.74) is 0. The van der Waals surface area contributed by atoms with Crippen LogP contribution in [0.4, 0.5) is 0 Å². The molecular formula is C11H24N2O2S. The molecule has 1 N–H and O–H groups in total. The summed E-state index contributed by atoms with van der Waals surface area (Å²) in [6.45, 7) is 6.55. The van der Waals surface area contributed by atoms with Crippen LogP contribution in [0.3, 0.4) is 0 Å². The molecule has 0 radical (unpaired) electrons. The Labute approximate surface area is 99.5 Å². The van der Waals surface area contributed by atoms with Crippen LogP contribution < -0.4 is 5.32 Å². The summed E-state index contributed by atoms with van der Waals surface area (Å²) in [4.78, 5) is 0. The molecule has 1 aliphatic heterocycles. The third-order valence-electron chi connectivity index (χ3n) is 3.43. The lowest BCUT2D eigenvalue weighted by Crippen LogP contribution is -2.31. The molecule has 2 atom stereocenters. The molecule has 4 nitrogen and oxygen atoms in total. The second-order valence-electron chi connectivity index (χ2n) is 4.90. The number of sulfonamides is 1. The summed E-state index contributed by atoms with van der Waals surface area (Å²) in [6, 6.07) is 0. The Morgan fingerprint density at radius 3 is 2.25 bits per heavy atom. The molecule has 0 amide bonds. The van der Waals surface area contributed by atoms with Gasteiger partial charge in [-0.05, 0) is 38.3 Å². The fourth-order valence-corrected chi connectivity index (χ4v) is 3.77. The van der Waals surface area contributed by atoms with E-state index >= 15 is 0 Å². The van der Waals surface area contributed by atoms with Gasteiger partial charge in [-0.25, -0.2) is 12.7 Å². The van der Waals surface area contributed by atoms with Gasteiger partial charge in [-0.3, -0.25) is 0 Å². The Morgan fingerprint density at radius 1 is 1.19 bits per heavy atom. The van der Waals surface area contributed by atoms with E-state index in [0.29, 0.717) is 30.7 Å². The van der Waals surface area contributed by atoms with Crippen LogP contribution in [0, 0.1) is 11.8 Å². The van der Waals surface area contributed by atoms with Gasteiger partial charge in [0.05, 0.1) is 5.75 Å². The van der Waals surface area contributed by atoms with Crippen LogP contribution in [0.15, 0.2) is 0 Å². The van der Waals surface area contributed by atoms with Gasteiger partial charge in [0, 0.05) is 13.1 Å². The van der Waals surface area contributed by atoms with Crippen molar-refractivity contribution in [1.29, 1.82) is 0 Å². The van der Waals surface area contributed by atoms with E-state index in [1.807, 2.05) is 7.05 Å². The van der Waals surface area contributed by atoms with E-state index in [2.05, 4.69) is 19.2 Å². The number of rotatable bonds is 6. The van der Waals surface area contributed by atoms with Crippen molar-refractivity contribution in [2.45, 2.75) is 26.7 Å². The third kappa shape index (κ3) is 3.71. The van der Waals surface area contributed by atoms with Gasteiger partial charge in [0.25, 0.3) is 0 Å². The molecule has 1 aliphatic rings. The SMILES string of the molecule is CNCCCCS(=O)(=O)N1CC(C)C(C)C1. The lowest BCUT2D eigenvalue weighted by molar-refractivity contribution is 0.461. The van der Waals surface area contributed by atoms with Crippen LogP contribution in [-0.4, -0.2) is 45.2 Å². The Morgan fingerprint density at radius 2 is 1.75 bits per heavy atom.